The Morgan fingerprint density at radius 3 is 2.29 bits per heavy atom. The molecule has 2 rings (SSSR count). The minimum absolute atomic E-state index is 0.196. The molecule has 1 unspecified atom stereocenters. The first-order valence-corrected chi connectivity index (χ1v) is 5.74. The summed E-state index contributed by atoms with van der Waals surface area (Å²) in [4.78, 5) is 0. The molecular weight excluding hydrogens is 210 g/mol. The normalized spacial score (nSPS) is 12.4. The van der Waals surface area contributed by atoms with Gasteiger partial charge in [-0.1, -0.05) is 0 Å². The summed E-state index contributed by atoms with van der Waals surface area (Å²) in [5.41, 5.74) is 2.31. The quantitative estimate of drug-likeness (QED) is 0.700. The Kier molecular flexibility index (Phi) is 3.87. The van der Waals surface area contributed by atoms with Crippen LogP contribution in [0.1, 0.15) is 23.9 Å². The molecule has 2 aromatic rings. The van der Waals surface area contributed by atoms with Gasteiger partial charge in [-0.15, -0.1) is 0 Å². The molecule has 2 heteroatoms. The summed E-state index contributed by atoms with van der Waals surface area (Å²) < 4.78 is 12.7. The van der Waals surface area contributed by atoms with Gasteiger partial charge in [-0.25, -0.2) is 0 Å². The van der Waals surface area contributed by atoms with E-state index in [2.05, 4.69) is 26.0 Å². The fraction of sp³-hybridized carbons (Fsp3) is 0.133. The summed E-state index contributed by atoms with van der Waals surface area (Å²) in [5, 5.41) is 0. The second-order valence-corrected chi connectivity index (χ2v) is 4.11. The van der Waals surface area contributed by atoms with E-state index in [1.807, 2.05) is 24.2 Å². The fourth-order valence-electron chi connectivity index (χ4n) is 1.70. The molecule has 0 N–H and O–H groups in total. The molecule has 0 aliphatic heterocycles. The van der Waals surface area contributed by atoms with Gasteiger partial charge in [0.2, 0.25) is 0 Å². The monoisotopic (exact) mass is 224 g/mol. The van der Waals surface area contributed by atoms with Gasteiger partial charge in [0.05, 0.1) is 0 Å². The third kappa shape index (κ3) is 3.38. The average Bonchev–Trinajstić information content (AvgIpc) is 2.39. The number of hydrogen-bond donors (Lipinski definition) is 0. The molecule has 0 saturated carbocycles. The minimum atomic E-state index is -0.196. The molecule has 0 fully saturated rings. The van der Waals surface area contributed by atoms with Gasteiger partial charge in [0, 0.05) is 0 Å². The Hall–Kier alpha value is -1.70. The van der Waals surface area contributed by atoms with Crippen molar-refractivity contribution in [2.75, 3.05) is 0 Å². The van der Waals surface area contributed by atoms with Crippen LogP contribution in [-0.4, -0.2) is 12.9 Å². The van der Waals surface area contributed by atoms with Crippen LogP contribution in [0.5, 0.6) is 0 Å². The van der Waals surface area contributed by atoms with Gasteiger partial charge >= 0.3 is 102 Å². The van der Waals surface area contributed by atoms with E-state index in [1.54, 1.807) is 12.1 Å². The van der Waals surface area contributed by atoms with Crippen LogP contribution < -0.4 is 0 Å². The van der Waals surface area contributed by atoms with Crippen LogP contribution in [0.25, 0.3) is 0 Å². The summed E-state index contributed by atoms with van der Waals surface area (Å²) in [6.07, 6.45) is 0. The van der Waals surface area contributed by atoms with E-state index < -0.39 is 0 Å². The van der Waals surface area contributed by atoms with Crippen molar-refractivity contribution in [1.29, 1.82) is 0 Å². The molecule has 0 aromatic heterocycles. The first-order valence-electron chi connectivity index (χ1n) is 5.74. The summed E-state index contributed by atoms with van der Waals surface area (Å²) in [5.74, 6) is 2.19. The van der Waals surface area contributed by atoms with Crippen molar-refractivity contribution < 1.29 is 4.39 Å². The molecule has 0 bridgehead atoms. The van der Waals surface area contributed by atoms with Crippen LogP contribution in [0.15, 0.2) is 54.6 Å². The van der Waals surface area contributed by atoms with Gasteiger partial charge < -0.3 is 0 Å². The Morgan fingerprint density at radius 2 is 1.65 bits per heavy atom. The Labute approximate surface area is 102 Å². The predicted molar refractivity (Wildman–Crippen MR) is 72.2 cm³/mol. The molecule has 0 aliphatic rings. The molecule has 0 saturated heterocycles. The van der Waals surface area contributed by atoms with Crippen molar-refractivity contribution in [3.8, 4) is 0 Å². The molecule has 0 nitrogen and oxygen atoms in total. The van der Waals surface area contributed by atoms with Gasteiger partial charge in [-0.3, -0.25) is 0 Å². The number of benzene rings is 2. The number of halogens is 1. The maximum absolute atomic E-state index is 12.7. The molecule has 1 atom stereocenters. The van der Waals surface area contributed by atoms with Gasteiger partial charge in [-0.05, 0) is 0 Å². The first kappa shape index (κ1) is 11.8. The Morgan fingerprint density at radius 1 is 1.00 bits per heavy atom. The topological polar surface area (TPSA) is 0 Å². The van der Waals surface area contributed by atoms with Gasteiger partial charge in [0.25, 0.3) is 0 Å². The zero-order valence-electron chi connectivity index (χ0n) is 9.81. The second-order valence-electron chi connectivity index (χ2n) is 4.11. The van der Waals surface area contributed by atoms with Crippen molar-refractivity contribution in [1.82, 2.24) is 0 Å². The van der Waals surface area contributed by atoms with Crippen molar-refractivity contribution in [3.63, 3.8) is 0 Å². The van der Waals surface area contributed by atoms with Crippen LogP contribution in [-0.2, 0) is 0 Å². The maximum atomic E-state index is 12.7. The van der Waals surface area contributed by atoms with E-state index >= 15 is 0 Å². The van der Waals surface area contributed by atoms with E-state index in [1.165, 1.54) is 17.7 Å². The fourth-order valence-corrected chi connectivity index (χ4v) is 1.70. The van der Waals surface area contributed by atoms with E-state index in [4.69, 9.17) is 0 Å². The number of rotatable bonds is 3. The standard InChI is InChI=1S/C15H14BF/c1-12(14-5-3-2-4-6-14)16-11-13-7-9-15(17)10-8-13/h2-12H,1H3. The van der Waals surface area contributed by atoms with Crippen LogP contribution >= 0.6 is 0 Å². The SMILES string of the molecule is CC(B=Cc1ccc(F)cc1)c1ccccc1. The van der Waals surface area contributed by atoms with Gasteiger partial charge in [0.15, 0.2) is 0 Å². The Bertz CT molecular complexity index is 488. The van der Waals surface area contributed by atoms with Crippen LogP contribution in [0.4, 0.5) is 4.39 Å². The molecule has 0 amide bonds. The van der Waals surface area contributed by atoms with Crippen molar-refractivity contribution >= 4 is 12.9 Å². The van der Waals surface area contributed by atoms with Crippen LogP contribution in [0.3, 0.4) is 0 Å². The molecular formula is C15H14BF. The van der Waals surface area contributed by atoms with E-state index in [0.717, 1.165) is 5.56 Å². The van der Waals surface area contributed by atoms with E-state index in [9.17, 15) is 4.39 Å². The van der Waals surface area contributed by atoms with Gasteiger partial charge in [-0.2, -0.15) is 0 Å². The molecule has 2 aromatic carbocycles. The van der Waals surface area contributed by atoms with E-state index in [-0.39, 0.29) is 5.82 Å². The zero-order chi connectivity index (χ0) is 12.1. The summed E-state index contributed by atoms with van der Waals surface area (Å²) in [7, 11) is 0. The van der Waals surface area contributed by atoms with Crippen LogP contribution in [0, 0.1) is 5.82 Å². The van der Waals surface area contributed by atoms with Gasteiger partial charge in [0.1, 0.15) is 0 Å². The second kappa shape index (κ2) is 5.58. The summed E-state index contributed by atoms with van der Waals surface area (Å²) >= 11 is 0. The zero-order valence-corrected chi connectivity index (χ0v) is 9.81. The Balaban J connectivity index is 2.08. The van der Waals surface area contributed by atoms with Crippen molar-refractivity contribution in [2.45, 2.75) is 12.7 Å². The molecule has 0 aliphatic carbocycles. The molecule has 0 spiro atoms. The summed E-state index contributed by atoms with van der Waals surface area (Å²) in [6, 6.07) is 16.8. The van der Waals surface area contributed by atoms with E-state index in [0.29, 0.717) is 5.82 Å². The first-order chi connectivity index (χ1) is 8.25. The third-order valence-electron chi connectivity index (χ3n) is 2.77. The molecule has 17 heavy (non-hydrogen) atoms. The molecule has 84 valence electrons. The van der Waals surface area contributed by atoms with Crippen molar-refractivity contribution in [3.05, 3.63) is 71.5 Å². The molecule has 0 heterocycles. The predicted octanol–water partition coefficient (Wildman–Crippen LogP) is 3.44. The average molecular weight is 224 g/mol. The summed E-state index contributed by atoms with van der Waals surface area (Å²) in [6.45, 7) is 4.28. The molecule has 0 radical (unpaired) electrons. The van der Waals surface area contributed by atoms with Crippen LogP contribution in [0.2, 0.25) is 0 Å². The third-order valence-corrected chi connectivity index (χ3v) is 2.77. The number of hydrogen-bond acceptors (Lipinski definition) is 0. The van der Waals surface area contributed by atoms with Crippen molar-refractivity contribution in [2.24, 2.45) is 0 Å².